The maximum atomic E-state index is 5.98. The monoisotopic (exact) mass is 233 g/mol. The standard InChI is InChI=1S/C12H24ClNO/c1-3-4-8-15-9-7-14-6-5-11(2)12(14)10-13/h11-12H,3-10H2,1-2H3. The van der Waals surface area contributed by atoms with Gasteiger partial charge in [0, 0.05) is 25.1 Å². The minimum absolute atomic E-state index is 0.571. The van der Waals surface area contributed by atoms with E-state index >= 15 is 0 Å². The smallest absolute Gasteiger partial charge is 0.0593 e. The molecule has 1 saturated heterocycles. The Morgan fingerprint density at radius 3 is 2.87 bits per heavy atom. The molecule has 15 heavy (non-hydrogen) atoms. The third kappa shape index (κ3) is 4.29. The average Bonchev–Trinajstić information content (AvgIpc) is 2.59. The number of halogens is 1. The van der Waals surface area contributed by atoms with Gasteiger partial charge in [-0.15, -0.1) is 11.6 Å². The fourth-order valence-electron chi connectivity index (χ4n) is 2.15. The summed E-state index contributed by atoms with van der Waals surface area (Å²) in [6.07, 6.45) is 3.67. The normalized spacial score (nSPS) is 27.4. The van der Waals surface area contributed by atoms with Crippen molar-refractivity contribution >= 4 is 11.6 Å². The summed E-state index contributed by atoms with van der Waals surface area (Å²) in [6.45, 7) is 8.49. The molecular formula is C12H24ClNO. The number of hydrogen-bond donors (Lipinski definition) is 0. The van der Waals surface area contributed by atoms with Gasteiger partial charge in [0.1, 0.15) is 0 Å². The van der Waals surface area contributed by atoms with Crippen LogP contribution in [0.5, 0.6) is 0 Å². The molecule has 2 nitrogen and oxygen atoms in total. The quantitative estimate of drug-likeness (QED) is 0.495. The molecule has 1 aliphatic rings. The molecule has 2 unspecified atom stereocenters. The maximum Gasteiger partial charge on any atom is 0.0593 e. The van der Waals surface area contributed by atoms with E-state index in [-0.39, 0.29) is 0 Å². The van der Waals surface area contributed by atoms with Gasteiger partial charge in [0.15, 0.2) is 0 Å². The first kappa shape index (κ1) is 13.3. The molecule has 2 atom stereocenters. The Kier molecular flexibility index (Phi) is 6.62. The number of nitrogens with zero attached hydrogens (tertiary/aromatic N) is 1. The Bertz CT molecular complexity index is 166. The molecule has 1 fully saturated rings. The lowest BCUT2D eigenvalue weighted by atomic mass is 10.1. The first-order valence-corrected chi connectivity index (χ1v) is 6.70. The zero-order chi connectivity index (χ0) is 11.1. The molecule has 1 heterocycles. The molecule has 1 rings (SSSR count). The summed E-state index contributed by atoms with van der Waals surface area (Å²) in [5.41, 5.74) is 0. The van der Waals surface area contributed by atoms with Crippen LogP contribution in [0.15, 0.2) is 0 Å². The molecule has 0 N–H and O–H groups in total. The summed E-state index contributed by atoms with van der Waals surface area (Å²) in [5, 5.41) is 0. The Balaban J connectivity index is 2.10. The summed E-state index contributed by atoms with van der Waals surface area (Å²) >= 11 is 5.98. The van der Waals surface area contributed by atoms with Gasteiger partial charge in [-0.3, -0.25) is 4.90 Å². The van der Waals surface area contributed by atoms with Crippen LogP contribution in [0.1, 0.15) is 33.1 Å². The highest BCUT2D eigenvalue weighted by Crippen LogP contribution is 2.24. The van der Waals surface area contributed by atoms with Gasteiger partial charge in [0.05, 0.1) is 6.61 Å². The van der Waals surface area contributed by atoms with Crippen LogP contribution in [0, 0.1) is 5.92 Å². The van der Waals surface area contributed by atoms with Gasteiger partial charge < -0.3 is 4.74 Å². The van der Waals surface area contributed by atoms with E-state index in [4.69, 9.17) is 16.3 Å². The largest absolute Gasteiger partial charge is 0.380 e. The summed E-state index contributed by atoms with van der Waals surface area (Å²) in [7, 11) is 0. The van der Waals surface area contributed by atoms with Crippen molar-refractivity contribution in [1.29, 1.82) is 0 Å². The van der Waals surface area contributed by atoms with Crippen LogP contribution in [-0.2, 0) is 4.74 Å². The van der Waals surface area contributed by atoms with Crippen LogP contribution in [0.3, 0.4) is 0 Å². The zero-order valence-corrected chi connectivity index (χ0v) is 10.8. The van der Waals surface area contributed by atoms with Gasteiger partial charge in [0.2, 0.25) is 0 Å². The first-order chi connectivity index (χ1) is 7.29. The lowest BCUT2D eigenvalue weighted by Gasteiger charge is -2.24. The lowest BCUT2D eigenvalue weighted by molar-refractivity contribution is 0.0975. The molecule has 0 aromatic heterocycles. The van der Waals surface area contributed by atoms with Crippen LogP contribution in [-0.4, -0.2) is 43.1 Å². The number of ether oxygens (including phenoxy) is 1. The molecule has 0 radical (unpaired) electrons. The predicted molar refractivity (Wildman–Crippen MR) is 65.6 cm³/mol. The Hall–Kier alpha value is 0.210. The number of alkyl halides is 1. The highest BCUT2D eigenvalue weighted by molar-refractivity contribution is 6.18. The SMILES string of the molecule is CCCCOCCN1CCC(C)C1CCl. The molecular weight excluding hydrogens is 210 g/mol. The number of rotatable bonds is 7. The molecule has 3 heteroatoms. The molecule has 90 valence electrons. The summed E-state index contributed by atoms with van der Waals surface area (Å²) < 4.78 is 5.58. The van der Waals surface area contributed by atoms with Crippen LogP contribution >= 0.6 is 11.6 Å². The van der Waals surface area contributed by atoms with E-state index in [1.54, 1.807) is 0 Å². The van der Waals surface area contributed by atoms with Crippen molar-refractivity contribution in [3.05, 3.63) is 0 Å². The predicted octanol–water partition coefficient (Wildman–Crippen LogP) is 2.75. The molecule has 0 aliphatic carbocycles. The van der Waals surface area contributed by atoms with Gasteiger partial charge in [-0.2, -0.15) is 0 Å². The van der Waals surface area contributed by atoms with Crippen molar-refractivity contribution in [3.8, 4) is 0 Å². The van der Waals surface area contributed by atoms with E-state index in [0.29, 0.717) is 6.04 Å². The minimum Gasteiger partial charge on any atom is -0.380 e. The second-order valence-corrected chi connectivity index (χ2v) is 4.80. The maximum absolute atomic E-state index is 5.98. The van der Waals surface area contributed by atoms with E-state index in [1.807, 2.05) is 0 Å². The number of hydrogen-bond acceptors (Lipinski definition) is 2. The van der Waals surface area contributed by atoms with Crippen molar-refractivity contribution in [2.45, 2.75) is 39.2 Å². The van der Waals surface area contributed by atoms with Gasteiger partial charge in [0.25, 0.3) is 0 Å². The minimum atomic E-state index is 0.571. The second kappa shape index (κ2) is 7.48. The van der Waals surface area contributed by atoms with Crippen molar-refractivity contribution in [2.75, 3.05) is 32.2 Å². The van der Waals surface area contributed by atoms with E-state index in [0.717, 1.165) is 31.6 Å². The van der Waals surface area contributed by atoms with E-state index in [9.17, 15) is 0 Å². The Morgan fingerprint density at radius 1 is 1.40 bits per heavy atom. The summed E-state index contributed by atoms with van der Waals surface area (Å²) in [5.74, 6) is 1.51. The zero-order valence-electron chi connectivity index (χ0n) is 10.0. The van der Waals surface area contributed by atoms with Gasteiger partial charge in [-0.05, 0) is 25.3 Å². The van der Waals surface area contributed by atoms with Crippen molar-refractivity contribution in [2.24, 2.45) is 5.92 Å². The summed E-state index contributed by atoms with van der Waals surface area (Å²) in [6, 6.07) is 0.571. The van der Waals surface area contributed by atoms with Crippen LogP contribution in [0.25, 0.3) is 0 Å². The highest BCUT2D eigenvalue weighted by atomic mass is 35.5. The molecule has 0 spiro atoms. The second-order valence-electron chi connectivity index (χ2n) is 4.49. The van der Waals surface area contributed by atoms with Crippen LogP contribution in [0.4, 0.5) is 0 Å². The molecule has 0 bridgehead atoms. The van der Waals surface area contributed by atoms with Gasteiger partial charge in [-0.1, -0.05) is 20.3 Å². The number of likely N-dealkylation sites (tertiary alicyclic amines) is 1. The first-order valence-electron chi connectivity index (χ1n) is 6.17. The lowest BCUT2D eigenvalue weighted by Crippen LogP contribution is -2.36. The van der Waals surface area contributed by atoms with E-state index in [2.05, 4.69) is 18.7 Å². The topological polar surface area (TPSA) is 12.5 Å². The summed E-state index contributed by atoms with van der Waals surface area (Å²) in [4.78, 5) is 2.48. The molecule has 0 aromatic rings. The van der Waals surface area contributed by atoms with Crippen molar-refractivity contribution in [1.82, 2.24) is 4.90 Å². The van der Waals surface area contributed by atoms with E-state index < -0.39 is 0 Å². The molecule has 0 aromatic carbocycles. The van der Waals surface area contributed by atoms with Gasteiger partial charge >= 0.3 is 0 Å². The van der Waals surface area contributed by atoms with Crippen LogP contribution < -0.4 is 0 Å². The molecule has 1 aliphatic heterocycles. The Labute approximate surface area is 98.9 Å². The average molecular weight is 234 g/mol. The fourth-order valence-corrected chi connectivity index (χ4v) is 2.64. The molecule has 0 saturated carbocycles. The third-order valence-corrected chi connectivity index (χ3v) is 3.64. The van der Waals surface area contributed by atoms with E-state index in [1.165, 1.54) is 25.8 Å². The van der Waals surface area contributed by atoms with Crippen molar-refractivity contribution < 1.29 is 4.74 Å². The van der Waals surface area contributed by atoms with Crippen LogP contribution in [0.2, 0.25) is 0 Å². The molecule has 0 amide bonds. The third-order valence-electron chi connectivity index (χ3n) is 3.32. The van der Waals surface area contributed by atoms with Crippen molar-refractivity contribution in [3.63, 3.8) is 0 Å². The fraction of sp³-hybridized carbons (Fsp3) is 1.00. The van der Waals surface area contributed by atoms with Gasteiger partial charge in [-0.25, -0.2) is 0 Å². The Morgan fingerprint density at radius 2 is 2.20 bits per heavy atom. The number of unbranched alkanes of at least 4 members (excludes halogenated alkanes) is 1. The highest BCUT2D eigenvalue weighted by Gasteiger charge is 2.29.